The smallest absolute Gasteiger partial charge is 0.410 e. The molecule has 0 atom stereocenters. The van der Waals surface area contributed by atoms with Gasteiger partial charge in [-0.25, -0.2) is 14.8 Å². The van der Waals surface area contributed by atoms with E-state index in [1.807, 2.05) is 31.4 Å². The van der Waals surface area contributed by atoms with Gasteiger partial charge in [0, 0.05) is 25.4 Å². The third-order valence-electron chi connectivity index (χ3n) is 3.24. The number of carbonyl (C=O) groups excluding carboxylic acids is 1. The van der Waals surface area contributed by atoms with Gasteiger partial charge < -0.3 is 9.64 Å². The summed E-state index contributed by atoms with van der Waals surface area (Å²) in [4.78, 5) is 22.7. The number of halogens is 1. The molecule has 0 spiro atoms. The van der Waals surface area contributed by atoms with E-state index >= 15 is 0 Å². The van der Waals surface area contributed by atoms with E-state index in [4.69, 9.17) is 4.74 Å². The summed E-state index contributed by atoms with van der Waals surface area (Å²) in [6.07, 6.45) is 4.08. The van der Waals surface area contributed by atoms with Crippen LogP contribution in [0.25, 0.3) is 5.78 Å². The van der Waals surface area contributed by atoms with Crippen LogP contribution in [0.2, 0.25) is 0 Å². The highest BCUT2D eigenvalue weighted by atomic mass is 79.9. The van der Waals surface area contributed by atoms with Crippen LogP contribution in [0, 0.1) is 0 Å². The first-order chi connectivity index (χ1) is 9.83. The van der Waals surface area contributed by atoms with E-state index in [1.54, 1.807) is 11.1 Å². The van der Waals surface area contributed by atoms with Crippen molar-refractivity contribution in [1.29, 1.82) is 0 Å². The van der Waals surface area contributed by atoms with Crippen molar-refractivity contribution in [3.8, 4) is 0 Å². The highest BCUT2D eigenvalue weighted by Gasteiger charge is 2.28. The molecule has 3 rings (SSSR count). The molecule has 0 saturated carbocycles. The molecule has 0 radical (unpaired) electrons. The molecule has 0 unspecified atom stereocenters. The van der Waals surface area contributed by atoms with Gasteiger partial charge in [0.2, 0.25) is 5.78 Å². The van der Waals surface area contributed by atoms with Crippen LogP contribution >= 0.6 is 15.9 Å². The van der Waals surface area contributed by atoms with Gasteiger partial charge in [-0.15, -0.1) is 0 Å². The molecule has 2 aromatic rings. The van der Waals surface area contributed by atoms with Gasteiger partial charge in [0.05, 0.1) is 22.4 Å². The lowest BCUT2D eigenvalue weighted by atomic mass is 10.1. The van der Waals surface area contributed by atoms with Gasteiger partial charge in [0.15, 0.2) is 0 Å². The maximum atomic E-state index is 12.2. The van der Waals surface area contributed by atoms with Crippen molar-refractivity contribution in [2.24, 2.45) is 0 Å². The number of fused-ring (bicyclic) bond motifs is 3. The molecule has 0 N–H and O–H groups in total. The third-order valence-corrected chi connectivity index (χ3v) is 3.65. The topological polar surface area (TPSA) is 59.7 Å². The molecule has 112 valence electrons. The van der Waals surface area contributed by atoms with E-state index in [9.17, 15) is 4.79 Å². The Balaban J connectivity index is 1.89. The summed E-state index contributed by atoms with van der Waals surface area (Å²) < 4.78 is 8.24. The molecular weight excluding hydrogens is 336 g/mol. The molecule has 0 saturated heterocycles. The Labute approximate surface area is 131 Å². The van der Waals surface area contributed by atoms with E-state index in [-0.39, 0.29) is 6.09 Å². The summed E-state index contributed by atoms with van der Waals surface area (Å²) in [5, 5.41) is 0. The zero-order chi connectivity index (χ0) is 15.2. The average molecular weight is 353 g/mol. The number of hydrogen-bond donors (Lipinski definition) is 0. The Bertz CT molecular complexity index is 705. The second kappa shape index (κ2) is 4.98. The fraction of sp³-hybridized carbons (Fsp3) is 0.500. The van der Waals surface area contributed by atoms with Crippen LogP contribution in [0.15, 0.2) is 16.9 Å². The molecule has 2 aromatic heterocycles. The molecule has 3 heterocycles. The molecule has 1 amide bonds. The predicted molar refractivity (Wildman–Crippen MR) is 81.0 cm³/mol. The molecule has 1 aliphatic rings. The molecule has 0 aliphatic carbocycles. The summed E-state index contributed by atoms with van der Waals surface area (Å²) >= 11 is 3.41. The third kappa shape index (κ3) is 2.88. The highest BCUT2D eigenvalue weighted by Crippen LogP contribution is 2.22. The monoisotopic (exact) mass is 352 g/mol. The fourth-order valence-corrected chi connectivity index (χ4v) is 2.66. The molecule has 0 fully saturated rings. The van der Waals surface area contributed by atoms with E-state index in [2.05, 4.69) is 25.9 Å². The quantitative estimate of drug-likeness (QED) is 0.731. The molecule has 0 aromatic carbocycles. The van der Waals surface area contributed by atoms with Crippen molar-refractivity contribution in [2.75, 3.05) is 6.54 Å². The van der Waals surface area contributed by atoms with E-state index in [1.165, 1.54) is 0 Å². The number of rotatable bonds is 0. The van der Waals surface area contributed by atoms with Crippen LogP contribution in [0.5, 0.6) is 0 Å². The largest absolute Gasteiger partial charge is 0.444 e. The number of aromatic nitrogens is 3. The predicted octanol–water partition coefficient (Wildman–Crippen LogP) is 2.79. The Morgan fingerprint density at radius 2 is 2.19 bits per heavy atom. The van der Waals surface area contributed by atoms with Gasteiger partial charge >= 0.3 is 6.09 Å². The first kappa shape index (κ1) is 14.3. The highest BCUT2D eigenvalue weighted by molar-refractivity contribution is 9.10. The van der Waals surface area contributed by atoms with Crippen molar-refractivity contribution in [3.63, 3.8) is 0 Å². The Morgan fingerprint density at radius 3 is 2.90 bits per heavy atom. The fourth-order valence-electron chi connectivity index (χ4n) is 2.35. The maximum Gasteiger partial charge on any atom is 0.410 e. The first-order valence-corrected chi connectivity index (χ1v) is 7.62. The lowest BCUT2D eigenvalue weighted by Crippen LogP contribution is -2.40. The van der Waals surface area contributed by atoms with Gasteiger partial charge in [-0.3, -0.25) is 4.40 Å². The SMILES string of the molecule is CC(C)(C)OC(=O)N1CCc2nc3ncc(Br)cn3c2C1. The Hall–Kier alpha value is -1.63. The minimum absolute atomic E-state index is 0.286. The van der Waals surface area contributed by atoms with E-state index in [0.717, 1.165) is 22.3 Å². The Morgan fingerprint density at radius 1 is 1.43 bits per heavy atom. The zero-order valence-electron chi connectivity index (χ0n) is 12.3. The molecular formula is C14H17BrN4O2. The van der Waals surface area contributed by atoms with Gasteiger partial charge in [-0.05, 0) is 36.7 Å². The van der Waals surface area contributed by atoms with E-state index < -0.39 is 5.60 Å². The van der Waals surface area contributed by atoms with Crippen molar-refractivity contribution in [3.05, 3.63) is 28.3 Å². The van der Waals surface area contributed by atoms with Crippen LogP contribution in [-0.2, 0) is 17.7 Å². The molecule has 1 aliphatic heterocycles. The Kier molecular flexibility index (Phi) is 3.39. The lowest BCUT2D eigenvalue weighted by Gasteiger charge is -2.29. The summed E-state index contributed by atoms with van der Waals surface area (Å²) in [6.45, 7) is 6.72. The second-order valence-electron chi connectivity index (χ2n) is 6.10. The lowest BCUT2D eigenvalue weighted by molar-refractivity contribution is 0.0220. The van der Waals surface area contributed by atoms with Crippen LogP contribution in [0.4, 0.5) is 4.79 Å². The number of imidazole rings is 1. The maximum absolute atomic E-state index is 12.2. The average Bonchev–Trinajstić information content (AvgIpc) is 2.74. The number of amides is 1. The van der Waals surface area contributed by atoms with Crippen molar-refractivity contribution >= 4 is 27.8 Å². The molecule has 7 heteroatoms. The van der Waals surface area contributed by atoms with Crippen LogP contribution in [-0.4, -0.2) is 37.5 Å². The summed E-state index contributed by atoms with van der Waals surface area (Å²) in [7, 11) is 0. The van der Waals surface area contributed by atoms with Gasteiger partial charge in [0.25, 0.3) is 0 Å². The number of ether oxygens (including phenoxy) is 1. The minimum Gasteiger partial charge on any atom is -0.444 e. The normalized spacial score (nSPS) is 15.1. The molecule has 6 nitrogen and oxygen atoms in total. The van der Waals surface area contributed by atoms with Crippen LogP contribution in [0.3, 0.4) is 0 Å². The molecule has 21 heavy (non-hydrogen) atoms. The van der Waals surface area contributed by atoms with Crippen molar-refractivity contribution in [2.45, 2.75) is 39.3 Å². The number of carbonyl (C=O) groups is 1. The number of nitrogens with zero attached hydrogens (tertiary/aromatic N) is 4. The van der Waals surface area contributed by atoms with Gasteiger partial charge in [-0.2, -0.15) is 0 Å². The summed E-state index contributed by atoms with van der Waals surface area (Å²) in [5.41, 5.74) is 1.51. The molecule has 0 bridgehead atoms. The van der Waals surface area contributed by atoms with Crippen molar-refractivity contribution < 1.29 is 9.53 Å². The van der Waals surface area contributed by atoms with E-state index in [0.29, 0.717) is 18.9 Å². The van der Waals surface area contributed by atoms with Crippen molar-refractivity contribution in [1.82, 2.24) is 19.3 Å². The van der Waals surface area contributed by atoms with Crippen LogP contribution in [0.1, 0.15) is 32.2 Å². The van der Waals surface area contributed by atoms with Gasteiger partial charge in [0.1, 0.15) is 5.60 Å². The zero-order valence-corrected chi connectivity index (χ0v) is 13.8. The second-order valence-corrected chi connectivity index (χ2v) is 7.01. The summed E-state index contributed by atoms with van der Waals surface area (Å²) in [6, 6.07) is 0. The van der Waals surface area contributed by atoms with Crippen LogP contribution < -0.4 is 0 Å². The minimum atomic E-state index is -0.485. The van der Waals surface area contributed by atoms with Gasteiger partial charge in [-0.1, -0.05) is 0 Å². The number of hydrogen-bond acceptors (Lipinski definition) is 4. The summed E-state index contributed by atoms with van der Waals surface area (Å²) in [5.74, 6) is 0.661. The first-order valence-electron chi connectivity index (χ1n) is 6.83. The standard InChI is InChI=1S/C14H17BrN4O2/c1-14(2,3)21-13(20)18-5-4-10-11(8-18)19-7-9(15)6-16-12(19)17-10/h6-7H,4-5,8H2,1-3H3.